The Balaban J connectivity index is 1.89. The number of rotatable bonds is 4. The molecular formula is C19H12F3N5O2. The van der Waals surface area contributed by atoms with E-state index in [-0.39, 0.29) is 17.8 Å². The molecule has 0 unspecified atom stereocenters. The van der Waals surface area contributed by atoms with Crippen LogP contribution in [0, 0.1) is 17.5 Å². The highest BCUT2D eigenvalue weighted by Crippen LogP contribution is 2.26. The zero-order valence-electron chi connectivity index (χ0n) is 14.6. The largest absolute Gasteiger partial charge is 0.463 e. The van der Waals surface area contributed by atoms with Crippen LogP contribution in [0.25, 0.3) is 10.9 Å². The van der Waals surface area contributed by atoms with E-state index in [1.165, 1.54) is 18.7 Å². The second-order valence-corrected chi connectivity index (χ2v) is 6.04. The summed E-state index contributed by atoms with van der Waals surface area (Å²) < 4.78 is 41.8. The lowest BCUT2D eigenvalue weighted by molar-refractivity contribution is 0.198. The van der Waals surface area contributed by atoms with Crippen molar-refractivity contribution in [2.45, 2.75) is 6.42 Å². The Hall–Kier alpha value is -3.95. The second kappa shape index (κ2) is 7.23. The average Bonchev–Trinajstić information content (AvgIpc) is 3.07. The predicted molar refractivity (Wildman–Crippen MR) is 96.8 cm³/mol. The molecule has 0 aliphatic heterocycles. The van der Waals surface area contributed by atoms with E-state index in [0.29, 0.717) is 17.0 Å². The van der Waals surface area contributed by atoms with Crippen LogP contribution in [0.5, 0.6) is 0 Å². The number of aromatic nitrogens is 4. The van der Waals surface area contributed by atoms with Gasteiger partial charge in [0.15, 0.2) is 11.6 Å². The molecule has 0 fully saturated rings. The Morgan fingerprint density at radius 1 is 1.03 bits per heavy atom. The number of hydrogen-bond acceptors (Lipinski definition) is 4. The summed E-state index contributed by atoms with van der Waals surface area (Å²) in [6, 6.07) is 8.10. The Bertz CT molecular complexity index is 1210. The smallest absolute Gasteiger partial charge is 0.432 e. The first kappa shape index (κ1) is 18.4. The maximum Gasteiger partial charge on any atom is 0.432 e. The Kier molecular flexibility index (Phi) is 4.59. The van der Waals surface area contributed by atoms with Crippen LogP contribution in [0.3, 0.4) is 0 Å². The third-order valence-corrected chi connectivity index (χ3v) is 4.29. The molecule has 0 atom stereocenters. The van der Waals surface area contributed by atoms with Crippen LogP contribution in [0.15, 0.2) is 55.1 Å². The number of anilines is 1. The van der Waals surface area contributed by atoms with Crippen molar-refractivity contribution in [3.8, 4) is 0 Å². The van der Waals surface area contributed by atoms with Crippen molar-refractivity contribution in [2.24, 2.45) is 0 Å². The van der Waals surface area contributed by atoms with Crippen molar-refractivity contribution in [3.05, 3.63) is 83.8 Å². The number of amides is 1. The Morgan fingerprint density at radius 2 is 1.72 bits per heavy atom. The molecule has 2 aromatic heterocycles. The lowest BCUT2D eigenvalue weighted by Gasteiger charge is -2.18. The Morgan fingerprint density at radius 3 is 2.45 bits per heavy atom. The molecule has 0 spiro atoms. The highest BCUT2D eigenvalue weighted by Gasteiger charge is 2.24. The molecule has 29 heavy (non-hydrogen) atoms. The normalized spacial score (nSPS) is 11.0. The van der Waals surface area contributed by atoms with Crippen LogP contribution in [-0.2, 0) is 6.42 Å². The fraction of sp³-hybridized carbons (Fsp3) is 0.0526. The number of benzene rings is 2. The molecule has 2 aromatic carbocycles. The molecule has 1 amide bonds. The number of fused-ring (bicyclic) bond motifs is 1. The third-order valence-electron chi connectivity index (χ3n) is 4.29. The molecular weight excluding hydrogens is 387 g/mol. The molecule has 10 heteroatoms. The molecule has 2 heterocycles. The van der Waals surface area contributed by atoms with E-state index in [1.54, 1.807) is 24.3 Å². The van der Waals surface area contributed by atoms with E-state index in [4.69, 9.17) is 0 Å². The predicted octanol–water partition coefficient (Wildman–Crippen LogP) is 3.78. The van der Waals surface area contributed by atoms with E-state index < -0.39 is 29.1 Å². The van der Waals surface area contributed by atoms with Gasteiger partial charge in [-0.2, -0.15) is 14.9 Å². The lowest BCUT2D eigenvalue weighted by Crippen LogP contribution is -2.35. The minimum atomic E-state index is -1.37. The highest BCUT2D eigenvalue weighted by atomic mass is 19.2. The van der Waals surface area contributed by atoms with Crippen molar-refractivity contribution in [1.82, 2.24) is 19.9 Å². The number of carbonyl (C=O) groups is 1. The zero-order valence-corrected chi connectivity index (χ0v) is 14.6. The maximum absolute atomic E-state index is 14.1. The minimum Gasteiger partial charge on any atom is -0.463 e. The molecule has 0 aliphatic rings. The number of halogens is 3. The average molecular weight is 399 g/mol. The summed E-state index contributed by atoms with van der Waals surface area (Å²) in [7, 11) is 0. The fourth-order valence-corrected chi connectivity index (χ4v) is 3.00. The lowest BCUT2D eigenvalue weighted by atomic mass is 10.1. The standard InChI is InChI=1S/C19H12F3N5O2/c20-14-5-6-15(21)18(22)13(14)7-16-12-3-1-2-4-17(12)27(25-16)26(19(28)29)11-8-23-10-24-9-11/h1-6,8-10H,7H2,(H,28,29). The zero-order chi connectivity index (χ0) is 20.5. The molecule has 0 saturated carbocycles. The van der Waals surface area contributed by atoms with Gasteiger partial charge in [0.2, 0.25) is 0 Å². The van der Waals surface area contributed by atoms with Gasteiger partial charge in [0.25, 0.3) is 0 Å². The van der Waals surface area contributed by atoms with Gasteiger partial charge >= 0.3 is 6.09 Å². The topological polar surface area (TPSA) is 84.1 Å². The third kappa shape index (κ3) is 3.24. The number of nitrogens with zero attached hydrogens (tertiary/aromatic N) is 5. The van der Waals surface area contributed by atoms with Gasteiger partial charge in [0.05, 0.1) is 23.6 Å². The molecule has 7 nitrogen and oxygen atoms in total. The second-order valence-electron chi connectivity index (χ2n) is 6.04. The Labute approximate surface area is 161 Å². The van der Waals surface area contributed by atoms with E-state index >= 15 is 0 Å². The van der Waals surface area contributed by atoms with Crippen molar-refractivity contribution in [1.29, 1.82) is 0 Å². The molecule has 4 rings (SSSR count). The van der Waals surface area contributed by atoms with E-state index in [1.807, 2.05) is 0 Å². The van der Waals surface area contributed by atoms with Gasteiger partial charge in [0.1, 0.15) is 17.8 Å². The van der Waals surface area contributed by atoms with E-state index in [9.17, 15) is 23.1 Å². The number of hydrogen-bond donors (Lipinski definition) is 1. The van der Waals surface area contributed by atoms with Crippen LogP contribution in [0.2, 0.25) is 0 Å². The van der Waals surface area contributed by atoms with Gasteiger partial charge in [0, 0.05) is 17.4 Å². The summed E-state index contributed by atoms with van der Waals surface area (Å²) in [5, 5.41) is 15.2. The summed E-state index contributed by atoms with van der Waals surface area (Å²) in [6.07, 6.45) is 2.06. The van der Waals surface area contributed by atoms with Gasteiger partial charge in [-0.05, 0) is 18.2 Å². The van der Waals surface area contributed by atoms with Gasteiger partial charge in [-0.3, -0.25) is 0 Å². The minimum absolute atomic E-state index is 0.114. The summed E-state index contributed by atoms with van der Waals surface area (Å²) in [4.78, 5) is 20.6. The van der Waals surface area contributed by atoms with Crippen LogP contribution >= 0.6 is 0 Å². The van der Waals surface area contributed by atoms with E-state index in [0.717, 1.165) is 15.9 Å². The van der Waals surface area contributed by atoms with E-state index in [2.05, 4.69) is 15.1 Å². The number of carboxylic acid groups (broad SMARTS) is 1. The monoisotopic (exact) mass is 399 g/mol. The summed E-state index contributed by atoms with van der Waals surface area (Å²) >= 11 is 0. The molecule has 4 aromatic rings. The van der Waals surface area contributed by atoms with Crippen LogP contribution in [0.1, 0.15) is 11.3 Å². The first-order valence-electron chi connectivity index (χ1n) is 8.34. The highest BCUT2D eigenvalue weighted by molar-refractivity contribution is 5.90. The quantitative estimate of drug-likeness (QED) is 0.528. The molecule has 146 valence electrons. The molecule has 0 radical (unpaired) electrons. The van der Waals surface area contributed by atoms with Crippen LogP contribution in [0.4, 0.5) is 23.7 Å². The first-order valence-corrected chi connectivity index (χ1v) is 8.34. The van der Waals surface area contributed by atoms with Crippen LogP contribution in [-0.4, -0.2) is 31.1 Å². The molecule has 0 bridgehead atoms. The van der Waals surface area contributed by atoms with Crippen molar-refractivity contribution >= 4 is 22.7 Å². The van der Waals surface area contributed by atoms with Gasteiger partial charge in [-0.25, -0.2) is 27.9 Å². The van der Waals surface area contributed by atoms with Crippen molar-refractivity contribution in [2.75, 3.05) is 5.01 Å². The maximum atomic E-state index is 14.1. The van der Waals surface area contributed by atoms with Gasteiger partial charge in [-0.15, -0.1) is 0 Å². The summed E-state index contributed by atoms with van der Waals surface area (Å²) in [5.74, 6) is -3.41. The number of para-hydroxylation sites is 1. The van der Waals surface area contributed by atoms with Crippen molar-refractivity contribution < 1.29 is 23.1 Å². The van der Waals surface area contributed by atoms with Crippen molar-refractivity contribution in [3.63, 3.8) is 0 Å². The summed E-state index contributed by atoms with van der Waals surface area (Å²) in [6.45, 7) is 0. The molecule has 0 saturated heterocycles. The van der Waals surface area contributed by atoms with Gasteiger partial charge < -0.3 is 5.11 Å². The molecule has 0 aliphatic carbocycles. The SMILES string of the molecule is O=C(O)N(c1cncnc1)n1nc(Cc2c(F)ccc(F)c2F)c2ccccc21. The fourth-order valence-electron chi connectivity index (χ4n) is 3.00. The van der Waals surface area contributed by atoms with Crippen LogP contribution < -0.4 is 5.01 Å². The molecule has 1 N–H and O–H groups in total. The first-order chi connectivity index (χ1) is 14.0. The summed E-state index contributed by atoms with van der Waals surface area (Å²) in [5.41, 5.74) is 0.159. The van der Waals surface area contributed by atoms with Gasteiger partial charge in [-0.1, -0.05) is 18.2 Å².